The Morgan fingerprint density at radius 3 is 2.48 bits per heavy atom. The number of nitrogens with zero attached hydrogens (tertiary/aromatic N) is 1. The van der Waals surface area contributed by atoms with Crippen LogP contribution in [0.3, 0.4) is 0 Å². The topological polar surface area (TPSA) is 70.6 Å². The predicted molar refractivity (Wildman–Crippen MR) is 102 cm³/mol. The van der Waals surface area contributed by atoms with Gasteiger partial charge in [0.25, 0.3) is 0 Å². The van der Waals surface area contributed by atoms with Crippen molar-refractivity contribution in [2.24, 2.45) is 5.10 Å². The highest BCUT2D eigenvalue weighted by atomic mass is 35.5. The molecule has 2 aromatic rings. The monoisotopic (exact) mass is 417 g/mol. The normalized spacial score (nSPS) is 10.7. The van der Waals surface area contributed by atoms with Crippen LogP contribution in [0.15, 0.2) is 41.5 Å². The first kappa shape index (κ1) is 19.5. The third-order valence-corrected chi connectivity index (χ3v) is 4.28. The summed E-state index contributed by atoms with van der Waals surface area (Å²) >= 11 is 23.6. The van der Waals surface area contributed by atoms with Crippen LogP contribution in [0.2, 0.25) is 20.1 Å². The summed E-state index contributed by atoms with van der Waals surface area (Å²) in [4.78, 5) is 23.6. The van der Waals surface area contributed by atoms with Crippen molar-refractivity contribution in [1.29, 1.82) is 0 Å². The number of nitrogens with one attached hydrogen (secondary N) is 2. The Kier molecular flexibility index (Phi) is 7.08. The van der Waals surface area contributed by atoms with Crippen LogP contribution < -0.4 is 10.7 Å². The number of benzene rings is 2. The fourth-order valence-electron chi connectivity index (χ4n) is 1.76. The van der Waals surface area contributed by atoms with E-state index in [9.17, 15) is 9.59 Å². The molecule has 5 nitrogen and oxygen atoms in total. The maximum atomic E-state index is 11.8. The molecule has 0 unspecified atom stereocenters. The molecule has 25 heavy (non-hydrogen) atoms. The average molecular weight is 419 g/mol. The van der Waals surface area contributed by atoms with Crippen LogP contribution in [0.4, 0.5) is 5.69 Å². The van der Waals surface area contributed by atoms with Crippen LogP contribution in [0.1, 0.15) is 12.0 Å². The Morgan fingerprint density at radius 1 is 1.00 bits per heavy atom. The van der Waals surface area contributed by atoms with Crippen LogP contribution in [0.25, 0.3) is 0 Å². The summed E-state index contributed by atoms with van der Waals surface area (Å²) < 4.78 is 0. The van der Waals surface area contributed by atoms with Crippen LogP contribution in [0, 0.1) is 0 Å². The van der Waals surface area contributed by atoms with Crippen molar-refractivity contribution in [2.75, 3.05) is 5.32 Å². The van der Waals surface area contributed by atoms with Gasteiger partial charge in [-0.3, -0.25) is 9.59 Å². The van der Waals surface area contributed by atoms with Gasteiger partial charge in [-0.05, 0) is 24.3 Å². The molecule has 2 rings (SSSR count). The third kappa shape index (κ3) is 5.90. The summed E-state index contributed by atoms with van der Waals surface area (Å²) in [5, 5.41) is 7.62. The summed E-state index contributed by atoms with van der Waals surface area (Å²) in [5.74, 6) is -1.15. The second-order valence-electron chi connectivity index (χ2n) is 4.79. The molecule has 2 amide bonds. The van der Waals surface area contributed by atoms with Gasteiger partial charge in [-0.25, -0.2) is 5.43 Å². The molecule has 0 atom stereocenters. The number of carbonyl (C=O) groups excluding carboxylic acids is 2. The summed E-state index contributed by atoms with van der Waals surface area (Å²) in [6.45, 7) is 0. The summed E-state index contributed by atoms with van der Waals surface area (Å²) in [7, 11) is 0. The van der Waals surface area contributed by atoms with Crippen LogP contribution in [0.5, 0.6) is 0 Å². The second kappa shape index (κ2) is 9.06. The Balaban J connectivity index is 1.88. The van der Waals surface area contributed by atoms with Gasteiger partial charge in [0.1, 0.15) is 6.42 Å². The summed E-state index contributed by atoms with van der Waals surface area (Å²) in [6.07, 6.45) is 0.914. The van der Waals surface area contributed by atoms with E-state index in [1.54, 1.807) is 36.4 Å². The largest absolute Gasteiger partial charge is 0.324 e. The molecule has 9 heteroatoms. The molecule has 0 aliphatic carbocycles. The van der Waals surface area contributed by atoms with E-state index >= 15 is 0 Å². The number of amides is 2. The lowest BCUT2D eigenvalue weighted by Gasteiger charge is -2.07. The number of hydrogen-bond acceptors (Lipinski definition) is 3. The number of rotatable bonds is 5. The van der Waals surface area contributed by atoms with Crippen molar-refractivity contribution >= 4 is 70.1 Å². The van der Waals surface area contributed by atoms with Gasteiger partial charge in [0.05, 0.1) is 27.0 Å². The van der Waals surface area contributed by atoms with E-state index in [-0.39, 0.29) is 5.02 Å². The van der Waals surface area contributed by atoms with Crippen molar-refractivity contribution < 1.29 is 9.59 Å². The van der Waals surface area contributed by atoms with Gasteiger partial charge in [0.2, 0.25) is 11.8 Å². The van der Waals surface area contributed by atoms with Crippen molar-refractivity contribution in [3.8, 4) is 0 Å². The van der Waals surface area contributed by atoms with Crippen molar-refractivity contribution in [2.45, 2.75) is 6.42 Å². The molecule has 0 fully saturated rings. The molecule has 0 aliphatic heterocycles. The standard InChI is InChI=1S/C16H11Cl4N3O2/c17-10-5-4-9(12(19)6-10)8-21-23-15(25)7-14(24)22-13-3-1-2-11(18)16(13)20/h1-6,8H,7H2,(H,22,24)(H,23,25). The number of anilines is 1. The molecule has 0 aromatic heterocycles. The zero-order valence-electron chi connectivity index (χ0n) is 12.5. The molecule has 0 saturated carbocycles. The summed E-state index contributed by atoms with van der Waals surface area (Å²) in [6, 6.07) is 9.62. The molecule has 0 bridgehead atoms. The third-order valence-electron chi connectivity index (χ3n) is 2.90. The fourth-order valence-corrected chi connectivity index (χ4v) is 2.57. The Morgan fingerprint density at radius 2 is 1.76 bits per heavy atom. The van der Waals surface area contributed by atoms with Crippen LogP contribution in [-0.4, -0.2) is 18.0 Å². The van der Waals surface area contributed by atoms with Crippen LogP contribution >= 0.6 is 46.4 Å². The Hall–Kier alpha value is -1.79. The average Bonchev–Trinajstić information content (AvgIpc) is 2.54. The molecule has 2 aromatic carbocycles. The van der Waals surface area contributed by atoms with Crippen molar-refractivity contribution in [1.82, 2.24) is 5.43 Å². The lowest BCUT2D eigenvalue weighted by atomic mass is 10.2. The maximum absolute atomic E-state index is 11.8. The predicted octanol–water partition coefficient (Wildman–Crippen LogP) is 4.78. The first-order chi connectivity index (χ1) is 11.9. The number of hydrogen-bond donors (Lipinski definition) is 2. The number of hydrazone groups is 1. The smallest absolute Gasteiger partial charge is 0.249 e. The van der Waals surface area contributed by atoms with E-state index in [2.05, 4.69) is 15.8 Å². The highest BCUT2D eigenvalue weighted by Crippen LogP contribution is 2.29. The van der Waals surface area contributed by atoms with Gasteiger partial charge < -0.3 is 5.32 Å². The minimum absolute atomic E-state index is 0.202. The summed E-state index contributed by atoms with van der Waals surface area (Å²) in [5.41, 5.74) is 3.13. The molecule has 0 heterocycles. The maximum Gasteiger partial charge on any atom is 0.249 e. The molecule has 0 saturated heterocycles. The molecule has 2 N–H and O–H groups in total. The zero-order valence-corrected chi connectivity index (χ0v) is 15.5. The number of halogens is 4. The molecule has 130 valence electrons. The Bertz CT molecular complexity index is 840. The SMILES string of the molecule is O=C(CC(=O)Nc1cccc(Cl)c1Cl)NN=Cc1ccc(Cl)cc1Cl. The molecule has 0 spiro atoms. The van der Waals surface area contributed by atoms with Gasteiger partial charge in [0, 0.05) is 10.6 Å². The van der Waals surface area contributed by atoms with E-state index in [4.69, 9.17) is 46.4 Å². The van der Waals surface area contributed by atoms with Gasteiger partial charge in [-0.15, -0.1) is 0 Å². The van der Waals surface area contributed by atoms with E-state index in [0.717, 1.165) is 0 Å². The van der Waals surface area contributed by atoms with E-state index < -0.39 is 18.2 Å². The minimum Gasteiger partial charge on any atom is -0.324 e. The van der Waals surface area contributed by atoms with Crippen molar-refractivity contribution in [3.05, 3.63) is 62.1 Å². The lowest BCUT2D eigenvalue weighted by Crippen LogP contribution is -2.24. The second-order valence-corrected chi connectivity index (χ2v) is 6.41. The molecular formula is C16H11Cl4N3O2. The first-order valence-corrected chi connectivity index (χ1v) is 8.39. The van der Waals surface area contributed by atoms with E-state index in [0.29, 0.717) is 26.3 Å². The van der Waals surface area contributed by atoms with Gasteiger partial charge in [0.15, 0.2) is 0 Å². The zero-order chi connectivity index (χ0) is 18.4. The quantitative estimate of drug-likeness (QED) is 0.416. The molecule has 0 radical (unpaired) electrons. The van der Waals surface area contributed by atoms with Gasteiger partial charge >= 0.3 is 0 Å². The van der Waals surface area contributed by atoms with E-state index in [1.807, 2.05) is 0 Å². The molecule has 0 aliphatic rings. The molecular weight excluding hydrogens is 408 g/mol. The highest BCUT2D eigenvalue weighted by molar-refractivity contribution is 6.44. The fraction of sp³-hybridized carbons (Fsp3) is 0.0625. The van der Waals surface area contributed by atoms with Gasteiger partial charge in [-0.2, -0.15) is 5.10 Å². The number of carbonyl (C=O) groups is 2. The van der Waals surface area contributed by atoms with E-state index in [1.165, 1.54) is 6.21 Å². The Labute approximate surface area is 163 Å². The van der Waals surface area contributed by atoms with Crippen LogP contribution in [-0.2, 0) is 9.59 Å². The van der Waals surface area contributed by atoms with Gasteiger partial charge in [-0.1, -0.05) is 58.5 Å². The lowest BCUT2D eigenvalue weighted by molar-refractivity contribution is -0.126. The first-order valence-electron chi connectivity index (χ1n) is 6.87. The van der Waals surface area contributed by atoms with Crippen molar-refractivity contribution in [3.63, 3.8) is 0 Å². The minimum atomic E-state index is -0.600. The highest BCUT2D eigenvalue weighted by Gasteiger charge is 2.12.